The molecule has 0 aromatic heterocycles. The van der Waals surface area contributed by atoms with Gasteiger partial charge in [0, 0.05) is 6.42 Å². The molecule has 1 rings (SSSR count). The van der Waals surface area contributed by atoms with Crippen LogP contribution in [0.25, 0.3) is 0 Å². The van der Waals surface area contributed by atoms with Crippen molar-refractivity contribution < 1.29 is 9.90 Å². The molecule has 0 spiro atoms. The molecule has 1 aliphatic heterocycles. The van der Waals surface area contributed by atoms with Crippen molar-refractivity contribution in [2.75, 3.05) is 6.54 Å². The first kappa shape index (κ1) is 17.8. The Morgan fingerprint density at radius 2 is 2.05 bits per heavy atom. The van der Waals surface area contributed by atoms with Gasteiger partial charge < -0.3 is 10.0 Å². The first-order valence-corrected chi connectivity index (χ1v) is 8.30. The SMILES string of the molecule is CCCCC#CCN1C(=O)CC1/C=C/C(O)CCCCC. The molecular weight excluding hydrogens is 262 g/mol. The maximum absolute atomic E-state index is 11.6. The lowest BCUT2D eigenvalue weighted by atomic mass is 10.00. The number of rotatable bonds is 9. The van der Waals surface area contributed by atoms with Gasteiger partial charge in [-0.25, -0.2) is 0 Å². The first-order chi connectivity index (χ1) is 10.2. The summed E-state index contributed by atoms with van der Waals surface area (Å²) in [6.07, 6.45) is 11.3. The van der Waals surface area contributed by atoms with Gasteiger partial charge in [0.25, 0.3) is 0 Å². The van der Waals surface area contributed by atoms with Gasteiger partial charge in [0.1, 0.15) is 0 Å². The van der Waals surface area contributed by atoms with Crippen molar-refractivity contribution in [3.63, 3.8) is 0 Å². The molecule has 3 heteroatoms. The zero-order valence-corrected chi connectivity index (χ0v) is 13.5. The number of aliphatic hydroxyl groups excluding tert-OH is 1. The third-order valence-corrected chi connectivity index (χ3v) is 3.79. The molecule has 0 aromatic carbocycles. The Balaban J connectivity index is 2.30. The smallest absolute Gasteiger partial charge is 0.226 e. The number of nitrogens with zero attached hydrogens (tertiary/aromatic N) is 1. The number of carbonyl (C=O) groups excluding carboxylic acids is 1. The third kappa shape index (κ3) is 6.82. The highest BCUT2D eigenvalue weighted by molar-refractivity contribution is 5.84. The second-order valence-corrected chi connectivity index (χ2v) is 5.70. The first-order valence-electron chi connectivity index (χ1n) is 8.30. The summed E-state index contributed by atoms with van der Waals surface area (Å²) in [5.74, 6) is 6.34. The molecule has 3 nitrogen and oxygen atoms in total. The fourth-order valence-corrected chi connectivity index (χ4v) is 2.31. The fourth-order valence-electron chi connectivity index (χ4n) is 2.31. The molecule has 1 N–H and O–H groups in total. The van der Waals surface area contributed by atoms with Gasteiger partial charge in [-0.2, -0.15) is 0 Å². The van der Waals surface area contributed by atoms with E-state index in [-0.39, 0.29) is 18.1 Å². The van der Waals surface area contributed by atoms with Gasteiger partial charge in [-0.1, -0.05) is 57.6 Å². The van der Waals surface area contributed by atoms with E-state index in [2.05, 4.69) is 25.7 Å². The summed E-state index contributed by atoms with van der Waals surface area (Å²) in [5, 5.41) is 9.85. The minimum Gasteiger partial charge on any atom is -0.389 e. The van der Waals surface area contributed by atoms with E-state index in [1.807, 2.05) is 12.2 Å². The predicted octanol–water partition coefficient (Wildman–Crippen LogP) is 3.28. The van der Waals surface area contributed by atoms with E-state index in [0.717, 1.165) is 44.9 Å². The van der Waals surface area contributed by atoms with Crippen LogP contribution in [0.3, 0.4) is 0 Å². The molecule has 0 aromatic rings. The lowest BCUT2D eigenvalue weighted by Gasteiger charge is -2.37. The number of hydrogen-bond donors (Lipinski definition) is 1. The minimum absolute atomic E-state index is 0.124. The van der Waals surface area contributed by atoms with Crippen LogP contribution in [0.5, 0.6) is 0 Å². The summed E-state index contributed by atoms with van der Waals surface area (Å²) in [6.45, 7) is 4.82. The van der Waals surface area contributed by atoms with Gasteiger partial charge >= 0.3 is 0 Å². The van der Waals surface area contributed by atoms with Gasteiger partial charge in [-0.3, -0.25) is 4.79 Å². The van der Waals surface area contributed by atoms with Gasteiger partial charge in [0.05, 0.1) is 25.1 Å². The maximum Gasteiger partial charge on any atom is 0.226 e. The molecule has 0 bridgehead atoms. The summed E-state index contributed by atoms with van der Waals surface area (Å²) in [7, 11) is 0. The normalized spacial score (nSPS) is 19.3. The largest absolute Gasteiger partial charge is 0.389 e. The van der Waals surface area contributed by atoms with Crippen LogP contribution in [0.15, 0.2) is 12.2 Å². The number of β-lactam (4-membered cyclic amide) rings is 1. The van der Waals surface area contributed by atoms with E-state index in [9.17, 15) is 9.90 Å². The van der Waals surface area contributed by atoms with Crippen LogP contribution in [-0.4, -0.2) is 34.6 Å². The van der Waals surface area contributed by atoms with Gasteiger partial charge in [-0.15, -0.1) is 5.92 Å². The minimum atomic E-state index is -0.384. The summed E-state index contributed by atoms with van der Waals surface area (Å²) < 4.78 is 0. The van der Waals surface area contributed by atoms with Crippen LogP contribution in [0, 0.1) is 11.8 Å². The lowest BCUT2D eigenvalue weighted by Crippen LogP contribution is -2.51. The van der Waals surface area contributed by atoms with Crippen LogP contribution < -0.4 is 0 Å². The van der Waals surface area contributed by atoms with E-state index in [0.29, 0.717) is 13.0 Å². The van der Waals surface area contributed by atoms with E-state index >= 15 is 0 Å². The van der Waals surface area contributed by atoms with E-state index in [1.165, 1.54) is 0 Å². The Morgan fingerprint density at radius 3 is 2.71 bits per heavy atom. The lowest BCUT2D eigenvalue weighted by molar-refractivity contribution is -0.142. The number of unbranched alkanes of at least 4 members (excludes halogenated alkanes) is 4. The van der Waals surface area contributed by atoms with Crippen LogP contribution in [0.4, 0.5) is 0 Å². The average molecular weight is 291 g/mol. The highest BCUT2D eigenvalue weighted by Gasteiger charge is 2.33. The zero-order chi connectivity index (χ0) is 15.5. The van der Waals surface area contributed by atoms with E-state index in [1.54, 1.807) is 4.90 Å². The van der Waals surface area contributed by atoms with Crippen molar-refractivity contribution in [2.24, 2.45) is 0 Å². The van der Waals surface area contributed by atoms with Gasteiger partial charge in [0.2, 0.25) is 5.91 Å². The highest BCUT2D eigenvalue weighted by atomic mass is 16.3. The highest BCUT2D eigenvalue weighted by Crippen LogP contribution is 2.20. The molecular formula is C18H29NO2. The monoisotopic (exact) mass is 291 g/mol. The van der Waals surface area contributed by atoms with Gasteiger partial charge in [-0.05, 0) is 12.8 Å². The molecule has 1 saturated heterocycles. The van der Waals surface area contributed by atoms with Gasteiger partial charge in [0.15, 0.2) is 0 Å². The molecule has 0 aliphatic carbocycles. The molecule has 1 aliphatic rings. The third-order valence-electron chi connectivity index (χ3n) is 3.79. The Bertz CT molecular complexity index is 392. The number of hydrogen-bond acceptors (Lipinski definition) is 2. The second kappa shape index (κ2) is 10.5. The van der Waals surface area contributed by atoms with Crippen molar-refractivity contribution in [1.82, 2.24) is 4.90 Å². The second-order valence-electron chi connectivity index (χ2n) is 5.70. The van der Waals surface area contributed by atoms with Crippen LogP contribution in [-0.2, 0) is 4.79 Å². The molecule has 21 heavy (non-hydrogen) atoms. The molecule has 0 radical (unpaired) electrons. The molecule has 1 heterocycles. The Kier molecular flexibility index (Phi) is 8.85. The average Bonchev–Trinajstić information content (AvgIpc) is 2.47. The Morgan fingerprint density at radius 1 is 1.29 bits per heavy atom. The molecule has 1 amide bonds. The summed E-state index contributed by atoms with van der Waals surface area (Å²) >= 11 is 0. The van der Waals surface area contributed by atoms with E-state index < -0.39 is 0 Å². The molecule has 2 atom stereocenters. The van der Waals surface area contributed by atoms with Crippen LogP contribution in [0.2, 0.25) is 0 Å². The van der Waals surface area contributed by atoms with Crippen LogP contribution in [0.1, 0.15) is 65.2 Å². The number of amides is 1. The van der Waals surface area contributed by atoms with Crippen molar-refractivity contribution in [1.29, 1.82) is 0 Å². The van der Waals surface area contributed by atoms with Crippen molar-refractivity contribution in [2.45, 2.75) is 77.4 Å². The topological polar surface area (TPSA) is 40.5 Å². The standard InChI is InChI=1S/C18H29NO2/c1-3-5-7-8-10-14-19-16(15-18(19)21)12-13-17(20)11-9-6-4-2/h12-13,16-17,20H,3-7,9,11,14-15H2,1-2H3/b13-12+. The zero-order valence-electron chi connectivity index (χ0n) is 13.5. The van der Waals surface area contributed by atoms with E-state index in [4.69, 9.17) is 0 Å². The Labute approximate surface area is 129 Å². The molecule has 0 saturated carbocycles. The molecule has 118 valence electrons. The number of likely N-dealkylation sites (tertiary alicyclic amines) is 1. The number of carbonyl (C=O) groups is 1. The quantitative estimate of drug-likeness (QED) is 0.306. The molecule has 1 fully saturated rings. The summed E-state index contributed by atoms with van der Waals surface area (Å²) in [5.41, 5.74) is 0. The number of aliphatic hydroxyl groups is 1. The van der Waals surface area contributed by atoms with Crippen LogP contribution >= 0.6 is 0 Å². The summed E-state index contributed by atoms with van der Waals surface area (Å²) in [6, 6.07) is 0.124. The maximum atomic E-state index is 11.6. The Hall–Kier alpha value is -1.27. The van der Waals surface area contributed by atoms with Crippen molar-refractivity contribution >= 4 is 5.91 Å². The summed E-state index contributed by atoms with van der Waals surface area (Å²) in [4.78, 5) is 13.4. The fraction of sp³-hybridized carbons (Fsp3) is 0.722. The molecule has 2 unspecified atom stereocenters. The van der Waals surface area contributed by atoms with Crippen molar-refractivity contribution in [3.05, 3.63) is 12.2 Å². The predicted molar refractivity (Wildman–Crippen MR) is 86.7 cm³/mol. The van der Waals surface area contributed by atoms with Crippen molar-refractivity contribution in [3.8, 4) is 11.8 Å².